The number of halogens is 1. The molecule has 0 bridgehead atoms. The summed E-state index contributed by atoms with van der Waals surface area (Å²) < 4.78 is 5.46. The second kappa shape index (κ2) is 6.58. The summed E-state index contributed by atoms with van der Waals surface area (Å²) >= 11 is 6.01. The third-order valence-electron chi connectivity index (χ3n) is 2.09. The molecular formula is C10H18ClN5O. The number of nitrogen functional groups attached to an aromatic ring is 1. The number of nitrogens with one attached hydrogen (secondary N) is 1. The Balaban J connectivity index is 2.64. The van der Waals surface area contributed by atoms with E-state index in [1.165, 1.54) is 6.20 Å². The van der Waals surface area contributed by atoms with Crippen molar-refractivity contribution in [1.82, 2.24) is 9.97 Å². The highest BCUT2D eigenvalue weighted by atomic mass is 35.5. The van der Waals surface area contributed by atoms with Crippen LogP contribution in [0.25, 0.3) is 0 Å². The van der Waals surface area contributed by atoms with E-state index in [1.807, 2.05) is 25.8 Å². The van der Waals surface area contributed by atoms with Gasteiger partial charge in [0.1, 0.15) is 5.02 Å². The van der Waals surface area contributed by atoms with Crippen molar-refractivity contribution in [3.8, 4) is 0 Å². The Bertz CT molecular complexity index is 361. The monoisotopic (exact) mass is 259 g/mol. The quantitative estimate of drug-likeness (QED) is 0.592. The van der Waals surface area contributed by atoms with E-state index in [0.29, 0.717) is 29.9 Å². The molecule has 0 aliphatic rings. The molecule has 0 amide bonds. The van der Waals surface area contributed by atoms with Crippen molar-refractivity contribution in [1.29, 1.82) is 0 Å². The van der Waals surface area contributed by atoms with Crippen molar-refractivity contribution in [2.24, 2.45) is 5.84 Å². The van der Waals surface area contributed by atoms with Crippen molar-refractivity contribution in [3.63, 3.8) is 0 Å². The van der Waals surface area contributed by atoms with Crippen molar-refractivity contribution in [2.75, 3.05) is 30.5 Å². The highest BCUT2D eigenvalue weighted by Crippen LogP contribution is 2.22. The van der Waals surface area contributed by atoms with E-state index < -0.39 is 0 Å². The fourth-order valence-corrected chi connectivity index (χ4v) is 1.46. The Morgan fingerprint density at radius 2 is 2.29 bits per heavy atom. The van der Waals surface area contributed by atoms with Gasteiger partial charge in [-0.25, -0.2) is 10.8 Å². The molecule has 0 aliphatic heterocycles. The number of hydrogen-bond donors (Lipinski definition) is 2. The zero-order valence-corrected chi connectivity index (χ0v) is 11.0. The minimum atomic E-state index is 0.213. The molecule has 7 heteroatoms. The Labute approximate surface area is 106 Å². The van der Waals surface area contributed by atoms with E-state index in [0.717, 1.165) is 0 Å². The Morgan fingerprint density at radius 3 is 2.88 bits per heavy atom. The molecule has 6 nitrogen and oxygen atoms in total. The van der Waals surface area contributed by atoms with Crippen LogP contribution in [0.4, 0.5) is 11.8 Å². The maximum Gasteiger partial charge on any atom is 0.239 e. The van der Waals surface area contributed by atoms with Gasteiger partial charge in [0.25, 0.3) is 0 Å². The second-order valence-electron chi connectivity index (χ2n) is 3.85. The van der Waals surface area contributed by atoms with Crippen LogP contribution in [0.3, 0.4) is 0 Å². The van der Waals surface area contributed by atoms with E-state index in [4.69, 9.17) is 22.2 Å². The lowest BCUT2D eigenvalue weighted by atomic mass is 10.4. The summed E-state index contributed by atoms with van der Waals surface area (Å²) in [6.07, 6.45) is 1.73. The standard InChI is InChI=1S/C10H18ClN5O/c1-7(2)17-5-4-16(3)9-8(11)6-13-10(14-9)15-12/h6-7H,4-5,12H2,1-3H3,(H,13,14,15). The Morgan fingerprint density at radius 1 is 1.59 bits per heavy atom. The minimum Gasteiger partial charge on any atom is -0.377 e. The van der Waals surface area contributed by atoms with Gasteiger partial charge >= 0.3 is 0 Å². The number of rotatable bonds is 6. The normalized spacial score (nSPS) is 10.7. The first kappa shape index (κ1) is 14.0. The van der Waals surface area contributed by atoms with Crippen LogP contribution in [0.1, 0.15) is 13.8 Å². The molecule has 0 radical (unpaired) electrons. The molecule has 0 aromatic carbocycles. The number of aromatic nitrogens is 2. The molecule has 0 spiro atoms. The van der Waals surface area contributed by atoms with Gasteiger partial charge in [-0.3, -0.25) is 5.43 Å². The van der Waals surface area contributed by atoms with Gasteiger partial charge in [-0.05, 0) is 13.8 Å². The van der Waals surface area contributed by atoms with Crippen molar-refractivity contribution in [2.45, 2.75) is 20.0 Å². The van der Waals surface area contributed by atoms with Crippen LogP contribution in [0.15, 0.2) is 6.20 Å². The van der Waals surface area contributed by atoms with Crippen LogP contribution < -0.4 is 16.2 Å². The van der Waals surface area contributed by atoms with E-state index in [2.05, 4.69) is 15.4 Å². The molecule has 0 fully saturated rings. The van der Waals surface area contributed by atoms with E-state index in [9.17, 15) is 0 Å². The molecule has 17 heavy (non-hydrogen) atoms. The number of hydrogen-bond acceptors (Lipinski definition) is 6. The lowest BCUT2D eigenvalue weighted by Crippen LogP contribution is -2.25. The first-order valence-electron chi connectivity index (χ1n) is 5.36. The number of nitrogens with zero attached hydrogens (tertiary/aromatic N) is 3. The number of ether oxygens (including phenoxy) is 1. The van der Waals surface area contributed by atoms with Gasteiger partial charge in [0, 0.05) is 13.6 Å². The molecule has 96 valence electrons. The van der Waals surface area contributed by atoms with Crippen LogP contribution in [0.5, 0.6) is 0 Å². The predicted octanol–water partition coefficient (Wildman–Crippen LogP) is 1.28. The minimum absolute atomic E-state index is 0.213. The van der Waals surface area contributed by atoms with E-state index in [1.54, 1.807) is 0 Å². The zero-order chi connectivity index (χ0) is 12.8. The molecule has 0 aliphatic carbocycles. The topological polar surface area (TPSA) is 76.3 Å². The average Bonchev–Trinajstić information content (AvgIpc) is 2.29. The summed E-state index contributed by atoms with van der Waals surface area (Å²) in [7, 11) is 1.89. The van der Waals surface area contributed by atoms with Crippen LogP contribution in [-0.4, -0.2) is 36.3 Å². The first-order valence-corrected chi connectivity index (χ1v) is 5.74. The molecule has 0 unspecified atom stereocenters. The fraction of sp³-hybridized carbons (Fsp3) is 0.600. The molecule has 0 saturated heterocycles. The molecule has 1 aromatic rings. The van der Waals surface area contributed by atoms with Crippen molar-refractivity contribution in [3.05, 3.63) is 11.2 Å². The van der Waals surface area contributed by atoms with Gasteiger partial charge < -0.3 is 9.64 Å². The van der Waals surface area contributed by atoms with Gasteiger partial charge in [0.15, 0.2) is 5.82 Å². The molecule has 0 saturated carbocycles. The Kier molecular flexibility index (Phi) is 5.40. The fourth-order valence-electron chi connectivity index (χ4n) is 1.23. The molecule has 3 N–H and O–H groups in total. The first-order chi connectivity index (χ1) is 8.04. The van der Waals surface area contributed by atoms with Gasteiger partial charge in [-0.15, -0.1) is 0 Å². The van der Waals surface area contributed by atoms with Crippen LogP contribution in [-0.2, 0) is 4.74 Å². The van der Waals surface area contributed by atoms with Gasteiger partial charge in [-0.1, -0.05) is 11.6 Å². The summed E-state index contributed by atoms with van der Waals surface area (Å²) in [6, 6.07) is 0. The highest BCUT2D eigenvalue weighted by molar-refractivity contribution is 6.32. The molecule has 1 aromatic heterocycles. The number of anilines is 2. The summed E-state index contributed by atoms with van der Waals surface area (Å²) in [6.45, 7) is 5.29. The Hall–Kier alpha value is -1.11. The van der Waals surface area contributed by atoms with Gasteiger partial charge in [0.05, 0.1) is 18.9 Å². The number of likely N-dealkylation sites (N-methyl/N-ethyl adjacent to an activating group) is 1. The summed E-state index contributed by atoms with van der Waals surface area (Å²) in [4.78, 5) is 9.99. The SMILES string of the molecule is CC(C)OCCN(C)c1nc(NN)ncc1Cl. The van der Waals surface area contributed by atoms with Gasteiger partial charge in [0.2, 0.25) is 5.95 Å². The van der Waals surface area contributed by atoms with Gasteiger partial charge in [-0.2, -0.15) is 4.98 Å². The summed E-state index contributed by atoms with van der Waals surface area (Å²) in [5.74, 6) is 6.21. The van der Waals surface area contributed by atoms with E-state index >= 15 is 0 Å². The lowest BCUT2D eigenvalue weighted by Gasteiger charge is -2.20. The lowest BCUT2D eigenvalue weighted by molar-refractivity contribution is 0.0845. The second-order valence-corrected chi connectivity index (χ2v) is 4.26. The molecule has 0 atom stereocenters. The molecule has 1 heterocycles. The largest absolute Gasteiger partial charge is 0.377 e. The molecular weight excluding hydrogens is 242 g/mol. The van der Waals surface area contributed by atoms with Crippen LogP contribution >= 0.6 is 11.6 Å². The highest BCUT2D eigenvalue weighted by Gasteiger charge is 2.10. The third kappa shape index (κ3) is 4.33. The van der Waals surface area contributed by atoms with E-state index in [-0.39, 0.29) is 6.10 Å². The van der Waals surface area contributed by atoms with Crippen molar-refractivity contribution >= 4 is 23.4 Å². The average molecular weight is 260 g/mol. The smallest absolute Gasteiger partial charge is 0.239 e. The zero-order valence-electron chi connectivity index (χ0n) is 10.3. The predicted molar refractivity (Wildman–Crippen MR) is 69.2 cm³/mol. The maximum atomic E-state index is 6.01. The van der Waals surface area contributed by atoms with Crippen LogP contribution in [0.2, 0.25) is 5.02 Å². The van der Waals surface area contributed by atoms with Crippen LogP contribution in [0, 0.1) is 0 Å². The number of hydrazine groups is 1. The number of nitrogens with two attached hydrogens (primary N) is 1. The third-order valence-corrected chi connectivity index (χ3v) is 2.36. The van der Waals surface area contributed by atoms with Crippen molar-refractivity contribution < 1.29 is 4.74 Å². The molecule has 1 rings (SSSR count). The summed E-state index contributed by atoms with van der Waals surface area (Å²) in [5, 5.41) is 0.482. The maximum absolute atomic E-state index is 6.01. The summed E-state index contributed by atoms with van der Waals surface area (Å²) in [5.41, 5.74) is 2.38.